The Morgan fingerprint density at radius 1 is 1.14 bits per heavy atom. The minimum atomic E-state index is -0.528. The van der Waals surface area contributed by atoms with E-state index in [1.807, 2.05) is 6.92 Å². The maximum Gasteiger partial charge on any atom is 0.348 e. The first-order chi connectivity index (χ1) is 13.8. The first-order valence-electron chi connectivity index (χ1n) is 8.90. The molecule has 0 radical (unpaired) electrons. The highest BCUT2D eigenvalue weighted by Gasteiger charge is 2.21. The maximum atomic E-state index is 12.3. The number of carbonyl (C=O) groups is 2. The number of aryl methyl sites for hydroxylation is 2. The van der Waals surface area contributed by atoms with Crippen molar-refractivity contribution in [2.24, 2.45) is 0 Å². The fraction of sp³-hybridized carbons (Fsp3) is 0.300. The molecule has 8 nitrogen and oxygen atoms in total. The second kappa shape index (κ2) is 8.44. The summed E-state index contributed by atoms with van der Waals surface area (Å²) in [6.07, 6.45) is 0. The van der Waals surface area contributed by atoms with Gasteiger partial charge in [0.1, 0.15) is 21.3 Å². The summed E-state index contributed by atoms with van der Waals surface area (Å²) in [5.41, 5.74) is 8.01. The molecule has 9 heteroatoms. The molecule has 0 atom stereocenters. The van der Waals surface area contributed by atoms with Gasteiger partial charge in [0.2, 0.25) is 0 Å². The van der Waals surface area contributed by atoms with Gasteiger partial charge in [0.15, 0.2) is 12.4 Å². The van der Waals surface area contributed by atoms with Crippen LogP contribution >= 0.6 is 11.3 Å². The molecule has 0 spiro atoms. The number of esters is 2. The topological polar surface area (TPSA) is 114 Å². The number of fused-ring (bicyclic) bond motifs is 1. The lowest BCUT2D eigenvalue weighted by Crippen LogP contribution is -2.09. The Balaban J connectivity index is 1.82. The molecule has 3 rings (SSSR count). The lowest BCUT2D eigenvalue weighted by molar-refractivity contribution is 0.0461. The van der Waals surface area contributed by atoms with E-state index >= 15 is 0 Å². The van der Waals surface area contributed by atoms with Gasteiger partial charge < -0.3 is 19.9 Å². The number of nitrogen functional groups attached to an aromatic ring is 1. The highest BCUT2D eigenvalue weighted by atomic mass is 32.1. The molecule has 2 aromatic heterocycles. The zero-order valence-corrected chi connectivity index (χ0v) is 17.4. The zero-order chi connectivity index (χ0) is 21.1. The number of ether oxygens (including phenoxy) is 3. The summed E-state index contributed by atoms with van der Waals surface area (Å²) in [7, 11) is 1.54. The van der Waals surface area contributed by atoms with Crippen LogP contribution in [0.4, 0.5) is 5.82 Å². The Labute approximate surface area is 171 Å². The number of aromatic nitrogens is 2. The predicted molar refractivity (Wildman–Crippen MR) is 109 cm³/mol. The lowest BCUT2D eigenvalue weighted by atomic mass is 10.1. The average Bonchev–Trinajstić information content (AvgIpc) is 3.03. The van der Waals surface area contributed by atoms with Crippen molar-refractivity contribution in [3.8, 4) is 5.75 Å². The minimum Gasteiger partial charge on any atom is -0.496 e. The molecule has 2 heterocycles. The maximum absolute atomic E-state index is 12.3. The molecule has 0 saturated heterocycles. The molecule has 0 aliphatic heterocycles. The summed E-state index contributed by atoms with van der Waals surface area (Å²) in [5, 5.41) is 0.608. The van der Waals surface area contributed by atoms with Gasteiger partial charge in [0, 0.05) is 0 Å². The third kappa shape index (κ3) is 4.14. The van der Waals surface area contributed by atoms with Crippen LogP contribution in [0, 0.1) is 13.8 Å². The number of rotatable bonds is 6. The van der Waals surface area contributed by atoms with Crippen molar-refractivity contribution in [2.45, 2.75) is 27.4 Å². The first kappa shape index (κ1) is 20.5. The summed E-state index contributed by atoms with van der Waals surface area (Å²) in [6.45, 7) is 5.52. The number of methoxy groups -OCH3 is 1. The monoisotopic (exact) mass is 415 g/mol. The van der Waals surface area contributed by atoms with Crippen LogP contribution < -0.4 is 10.5 Å². The van der Waals surface area contributed by atoms with Gasteiger partial charge in [-0.15, -0.1) is 11.3 Å². The molecule has 0 aliphatic carbocycles. The standard InChI is InChI=1S/C20H21N3O5S/c1-5-27-20(25)16-11(3)15-17(21)22-14(23-18(15)29-16)9-28-19(24)12-7-6-10(2)13(8-12)26-4/h6-8H,5,9H2,1-4H3,(H2,21,22,23). The largest absolute Gasteiger partial charge is 0.496 e. The Morgan fingerprint density at radius 2 is 1.90 bits per heavy atom. The Hall–Kier alpha value is -3.20. The van der Waals surface area contributed by atoms with Gasteiger partial charge in [-0.25, -0.2) is 19.6 Å². The van der Waals surface area contributed by atoms with Gasteiger partial charge in [-0.3, -0.25) is 0 Å². The van der Waals surface area contributed by atoms with Gasteiger partial charge in [-0.1, -0.05) is 6.07 Å². The van der Waals surface area contributed by atoms with Crippen LogP contribution in [0.2, 0.25) is 0 Å². The van der Waals surface area contributed by atoms with E-state index in [9.17, 15) is 9.59 Å². The van der Waals surface area contributed by atoms with Gasteiger partial charge in [0.05, 0.1) is 24.7 Å². The minimum absolute atomic E-state index is 0.152. The predicted octanol–water partition coefficient (Wildman–Crippen LogP) is 3.43. The van der Waals surface area contributed by atoms with Crippen molar-refractivity contribution in [3.63, 3.8) is 0 Å². The molecular formula is C20H21N3O5S. The van der Waals surface area contributed by atoms with Crippen molar-refractivity contribution in [3.05, 3.63) is 45.6 Å². The molecule has 0 bridgehead atoms. The van der Waals surface area contributed by atoms with Crippen molar-refractivity contribution in [1.82, 2.24) is 9.97 Å². The molecule has 2 N–H and O–H groups in total. The van der Waals surface area contributed by atoms with Gasteiger partial charge in [-0.2, -0.15) is 0 Å². The smallest absolute Gasteiger partial charge is 0.348 e. The second-order valence-electron chi connectivity index (χ2n) is 6.24. The first-order valence-corrected chi connectivity index (χ1v) is 9.71. The number of benzene rings is 1. The van der Waals surface area contributed by atoms with Crippen LogP contribution in [0.3, 0.4) is 0 Å². The van der Waals surface area contributed by atoms with E-state index in [2.05, 4.69) is 9.97 Å². The van der Waals surface area contributed by atoms with Crippen molar-refractivity contribution < 1.29 is 23.8 Å². The number of thiophene rings is 1. The summed E-state index contributed by atoms with van der Waals surface area (Å²) < 4.78 is 15.6. The molecule has 1 aromatic carbocycles. The lowest BCUT2D eigenvalue weighted by Gasteiger charge is -2.08. The summed E-state index contributed by atoms with van der Waals surface area (Å²) in [6, 6.07) is 5.05. The highest BCUT2D eigenvalue weighted by Crippen LogP contribution is 2.33. The van der Waals surface area contributed by atoms with Gasteiger partial charge in [-0.05, 0) is 44.0 Å². The molecular weight excluding hydrogens is 394 g/mol. The fourth-order valence-corrected chi connectivity index (χ4v) is 3.93. The molecule has 3 aromatic rings. The van der Waals surface area contributed by atoms with E-state index < -0.39 is 11.9 Å². The summed E-state index contributed by atoms with van der Waals surface area (Å²) >= 11 is 1.17. The van der Waals surface area contributed by atoms with Crippen molar-refractivity contribution >= 4 is 39.3 Å². The SMILES string of the molecule is CCOC(=O)c1sc2nc(COC(=O)c3ccc(C)c(OC)c3)nc(N)c2c1C. The molecule has 0 saturated carbocycles. The van der Waals surface area contributed by atoms with Gasteiger partial charge >= 0.3 is 11.9 Å². The van der Waals surface area contributed by atoms with Crippen molar-refractivity contribution in [1.29, 1.82) is 0 Å². The zero-order valence-electron chi connectivity index (χ0n) is 16.6. The summed E-state index contributed by atoms with van der Waals surface area (Å²) in [5.74, 6) is 0.122. The Bertz CT molecular complexity index is 1090. The van der Waals surface area contributed by atoms with Crippen LogP contribution in [0.15, 0.2) is 18.2 Å². The number of hydrogen-bond acceptors (Lipinski definition) is 9. The molecule has 0 aliphatic rings. The van der Waals surface area contributed by atoms with Gasteiger partial charge in [0.25, 0.3) is 0 Å². The van der Waals surface area contributed by atoms with E-state index in [0.717, 1.165) is 5.56 Å². The molecule has 29 heavy (non-hydrogen) atoms. The van der Waals surface area contributed by atoms with Crippen molar-refractivity contribution in [2.75, 3.05) is 19.5 Å². The van der Waals surface area contributed by atoms with E-state index in [4.69, 9.17) is 19.9 Å². The molecule has 152 valence electrons. The summed E-state index contributed by atoms with van der Waals surface area (Å²) in [4.78, 5) is 34.0. The third-order valence-corrected chi connectivity index (χ3v) is 5.47. The molecule has 0 unspecified atom stereocenters. The average molecular weight is 415 g/mol. The number of hydrogen-bond donors (Lipinski definition) is 1. The number of carbonyl (C=O) groups excluding carboxylic acids is 2. The highest BCUT2D eigenvalue weighted by molar-refractivity contribution is 7.20. The van der Waals surface area contributed by atoms with Crippen LogP contribution in [0.5, 0.6) is 5.75 Å². The van der Waals surface area contributed by atoms with Crippen LogP contribution in [-0.4, -0.2) is 35.6 Å². The number of anilines is 1. The van der Waals surface area contributed by atoms with Crippen LogP contribution in [0.25, 0.3) is 10.2 Å². The van der Waals surface area contributed by atoms with Crippen LogP contribution in [-0.2, 0) is 16.1 Å². The van der Waals surface area contributed by atoms with E-state index in [0.29, 0.717) is 32.0 Å². The fourth-order valence-electron chi connectivity index (χ4n) is 2.83. The van der Waals surface area contributed by atoms with E-state index in [-0.39, 0.29) is 24.9 Å². The Morgan fingerprint density at radius 3 is 2.59 bits per heavy atom. The number of nitrogens with zero attached hydrogens (tertiary/aromatic N) is 2. The van der Waals surface area contributed by atoms with Crippen LogP contribution in [0.1, 0.15) is 43.9 Å². The molecule has 0 amide bonds. The molecule has 0 fully saturated rings. The number of nitrogens with two attached hydrogens (primary N) is 1. The normalized spacial score (nSPS) is 10.8. The Kier molecular flexibility index (Phi) is 5.97. The second-order valence-corrected chi connectivity index (χ2v) is 7.24. The quantitative estimate of drug-likeness (QED) is 0.609. The van der Waals surface area contributed by atoms with E-state index in [1.165, 1.54) is 18.4 Å². The van der Waals surface area contributed by atoms with E-state index in [1.54, 1.807) is 32.0 Å². The third-order valence-electron chi connectivity index (χ3n) is 4.30.